The molecule has 0 bridgehead atoms. The summed E-state index contributed by atoms with van der Waals surface area (Å²) in [6, 6.07) is 0. The van der Waals surface area contributed by atoms with Crippen LogP contribution in [0.1, 0.15) is 51.4 Å². The molecule has 0 amide bonds. The average molecular weight is 479 g/mol. The molecule has 2 aliphatic rings. The monoisotopic (exact) mass is 479 g/mol. The summed E-state index contributed by atoms with van der Waals surface area (Å²) in [4.78, 5) is 0. The molecule has 0 atom stereocenters. The molecule has 0 saturated carbocycles. The normalized spacial score (nSPS) is 18.0. The molecular weight excluding hydrogens is 455 g/mol. The van der Waals surface area contributed by atoms with Crippen molar-refractivity contribution in [1.82, 2.24) is 0 Å². The van der Waals surface area contributed by atoms with Crippen LogP contribution < -0.4 is 0 Å². The average Bonchev–Trinajstić information content (AvgIpc) is 2.28. The Bertz CT molecular complexity index is 224. The first-order valence-corrected chi connectivity index (χ1v) is 12.8. The van der Waals surface area contributed by atoms with E-state index in [0.717, 1.165) is 0 Å². The van der Waals surface area contributed by atoms with Gasteiger partial charge in [0.05, 0.1) is 0 Å². The van der Waals surface area contributed by atoms with Crippen LogP contribution in [0.5, 0.6) is 0 Å². The van der Waals surface area contributed by atoms with Gasteiger partial charge in [0, 0.05) is 0 Å². The maximum absolute atomic E-state index is 4.89. The van der Waals surface area contributed by atoms with E-state index in [1.807, 2.05) is 0 Å². The third-order valence-corrected chi connectivity index (χ3v) is 2.75. The Labute approximate surface area is 134 Å². The molecule has 0 aromatic rings. The summed E-state index contributed by atoms with van der Waals surface area (Å²) in [5.41, 5.74) is 0. The summed E-state index contributed by atoms with van der Waals surface area (Å²) in [5, 5.41) is 0. The van der Waals surface area contributed by atoms with E-state index in [-0.39, 0.29) is 0 Å². The molecular formula is C16H24Cl2Ir. The van der Waals surface area contributed by atoms with Crippen molar-refractivity contribution in [3.63, 3.8) is 0 Å². The summed E-state index contributed by atoms with van der Waals surface area (Å²) >= 11 is -0.556. The summed E-state index contributed by atoms with van der Waals surface area (Å²) in [5.74, 6) is 0. The topological polar surface area (TPSA) is 0 Å². The van der Waals surface area contributed by atoms with Crippen LogP contribution in [0.15, 0.2) is 48.6 Å². The van der Waals surface area contributed by atoms with E-state index in [2.05, 4.69) is 48.6 Å². The fourth-order valence-corrected chi connectivity index (χ4v) is 1.75. The number of halogens is 2. The van der Waals surface area contributed by atoms with E-state index in [1.54, 1.807) is 0 Å². The van der Waals surface area contributed by atoms with Crippen molar-refractivity contribution in [2.45, 2.75) is 51.4 Å². The van der Waals surface area contributed by atoms with Gasteiger partial charge in [0.15, 0.2) is 0 Å². The maximum atomic E-state index is 4.89. The van der Waals surface area contributed by atoms with Crippen LogP contribution in [-0.4, -0.2) is 0 Å². The number of hydrogen-bond acceptors (Lipinski definition) is 0. The molecule has 0 N–H and O–H groups in total. The Hall–Kier alpha value is 0.189. The van der Waals surface area contributed by atoms with E-state index < -0.39 is 15.7 Å². The molecule has 0 aliphatic heterocycles. The molecule has 0 radical (unpaired) electrons. The summed E-state index contributed by atoms with van der Waals surface area (Å²) in [7, 11) is 9.78. The van der Waals surface area contributed by atoms with Crippen molar-refractivity contribution >= 4 is 19.2 Å². The van der Waals surface area contributed by atoms with Gasteiger partial charge >= 0.3 is 34.8 Å². The van der Waals surface area contributed by atoms with Crippen LogP contribution in [0.25, 0.3) is 0 Å². The Morgan fingerprint density at radius 2 is 0.737 bits per heavy atom. The number of hydrogen-bond donors (Lipinski definition) is 0. The number of rotatable bonds is 0. The van der Waals surface area contributed by atoms with Gasteiger partial charge in [-0.1, -0.05) is 48.6 Å². The van der Waals surface area contributed by atoms with Crippen molar-refractivity contribution in [2.24, 2.45) is 0 Å². The third-order valence-electron chi connectivity index (χ3n) is 2.75. The van der Waals surface area contributed by atoms with Gasteiger partial charge < -0.3 is 0 Å². The van der Waals surface area contributed by atoms with Gasteiger partial charge in [-0.25, -0.2) is 0 Å². The Morgan fingerprint density at radius 1 is 0.526 bits per heavy atom. The van der Waals surface area contributed by atoms with Gasteiger partial charge in [0.1, 0.15) is 0 Å². The van der Waals surface area contributed by atoms with Gasteiger partial charge in [-0.3, -0.25) is 0 Å². The van der Waals surface area contributed by atoms with Crippen LogP contribution in [0.2, 0.25) is 0 Å². The second kappa shape index (κ2) is 18.2. The van der Waals surface area contributed by atoms with Crippen LogP contribution >= 0.6 is 19.2 Å². The van der Waals surface area contributed by atoms with Crippen LogP contribution in [0, 0.1) is 0 Å². The van der Waals surface area contributed by atoms with E-state index in [4.69, 9.17) is 19.2 Å². The van der Waals surface area contributed by atoms with E-state index in [0.29, 0.717) is 0 Å². The Balaban J connectivity index is 0.000000284. The fraction of sp³-hybridized carbons (Fsp3) is 0.500. The van der Waals surface area contributed by atoms with Crippen molar-refractivity contribution in [1.29, 1.82) is 0 Å². The summed E-state index contributed by atoms with van der Waals surface area (Å²) in [6.07, 6.45) is 28.0. The molecule has 3 heteroatoms. The summed E-state index contributed by atoms with van der Waals surface area (Å²) in [6.45, 7) is 0. The quantitative estimate of drug-likeness (QED) is 0.362. The minimum atomic E-state index is -0.556. The second-order valence-corrected chi connectivity index (χ2v) is 7.79. The Morgan fingerprint density at radius 3 is 0.947 bits per heavy atom. The molecule has 2 aliphatic carbocycles. The molecule has 111 valence electrons. The fourth-order valence-electron chi connectivity index (χ4n) is 1.75. The SMILES string of the molecule is C1=CCCCCC=C1.C1=CCCCCC=C1.[Cl][Ir][Cl]. The molecule has 0 aromatic heterocycles. The predicted molar refractivity (Wildman–Crippen MR) is 85.2 cm³/mol. The van der Waals surface area contributed by atoms with Gasteiger partial charge in [0.25, 0.3) is 0 Å². The standard InChI is InChI=1S/2C8H12.2ClH.Ir/c2*1-2-4-6-8-7-5-3-1;;;/h2*1-4H,5-8H2;2*1H;/q;;;;+2/p-2. The van der Waals surface area contributed by atoms with Crippen molar-refractivity contribution in [2.75, 3.05) is 0 Å². The summed E-state index contributed by atoms with van der Waals surface area (Å²) < 4.78 is 0. The van der Waals surface area contributed by atoms with Gasteiger partial charge in [-0.05, 0) is 51.4 Å². The van der Waals surface area contributed by atoms with Crippen LogP contribution in [-0.2, 0) is 15.7 Å². The first-order chi connectivity index (χ1) is 9.41. The van der Waals surface area contributed by atoms with Gasteiger partial charge in [-0.15, -0.1) is 0 Å². The molecule has 0 aromatic carbocycles. The zero-order valence-electron chi connectivity index (χ0n) is 11.4. The van der Waals surface area contributed by atoms with E-state index in [1.165, 1.54) is 51.4 Å². The molecule has 0 unspecified atom stereocenters. The van der Waals surface area contributed by atoms with Gasteiger partial charge in [0.2, 0.25) is 0 Å². The van der Waals surface area contributed by atoms with Crippen LogP contribution in [0.3, 0.4) is 0 Å². The van der Waals surface area contributed by atoms with Gasteiger partial charge in [-0.2, -0.15) is 0 Å². The molecule has 19 heavy (non-hydrogen) atoms. The first kappa shape index (κ1) is 19.2. The second-order valence-electron chi connectivity index (χ2n) is 4.33. The van der Waals surface area contributed by atoms with Crippen molar-refractivity contribution in [3.8, 4) is 0 Å². The zero-order chi connectivity index (χ0) is 14.0. The first-order valence-electron chi connectivity index (χ1n) is 6.88. The molecule has 0 saturated heterocycles. The molecule has 0 fully saturated rings. The van der Waals surface area contributed by atoms with E-state index in [9.17, 15) is 0 Å². The third kappa shape index (κ3) is 18.2. The van der Waals surface area contributed by atoms with Crippen molar-refractivity contribution < 1.29 is 15.7 Å². The molecule has 0 spiro atoms. The van der Waals surface area contributed by atoms with Crippen molar-refractivity contribution in [3.05, 3.63) is 48.6 Å². The molecule has 0 heterocycles. The minimum absolute atomic E-state index is 0.556. The predicted octanol–water partition coefficient (Wildman–Crippen LogP) is 6.72. The zero-order valence-corrected chi connectivity index (χ0v) is 15.3. The molecule has 2 rings (SSSR count). The number of allylic oxidation sites excluding steroid dienone is 8. The Kier molecular flexibility index (Phi) is 18.4. The van der Waals surface area contributed by atoms with Crippen LogP contribution in [0.4, 0.5) is 0 Å². The molecule has 0 nitrogen and oxygen atoms in total. The van der Waals surface area contributed by atoms with E-state index >= 15 is 0 Å².